The van der Waals surface area contributed by atoms with Crippen LogP contribution in [0.1, 0.15) is 0 Å². The van der Waals surface area contributed by atoms with E-state index in [0.717, 1.165) is 0 Å². The van der Waals surface area contributed by atoms with Gasteiger partial charge in [0.15, 0.2) is 6.20 Å². The Labute approximate surface area is 45.5 Å². The number of nitrogens with zero attached hydrogens (tertiary/aromatic N) is 1. The van der Waals surface area contributed by atoms with E-state index in [1.54, 1.807) is 0 Å². The molecule has 0 amide bonds. The third-order valence-electron chi connectivity index (χ3n) is 0.701. The van der Waals surface area contributed by atoms with E-state index in [2.05, 4.69) is 10.3 Å². The van der Waals surface area contributed by atoms with Crippen molar-refractivity contribution in [3.05, 3.63) is 12.4 Å². The molecule has 0 aromatic heterocycles. The highest BCUT2D eigenvalue weighted by atomic mass is 16.4. The van der Waals surface area contributed by atoms with Gasteiger partial charge in [-0.25, -0.2) is 10.1 Å². The van der Waals surface area contributed by atoms with E-state index in [9.17, 15) is 4.79 Å². The van der Waals surface area contributed by atoms with Crippen molar-refractivity contribution < 1.29 is 9.90 Å². The maximum Gasteiger partial charge on any atom is 0.423 e. The number of carboxylic acid groups (broad SMARTS) is 1. The summed E-state index contributed by atoms with van der Waals surface area (Å²) < 4.78 is 0. The van der Waals surface area contributed by atoms with Crippen LogP contribution < -0.4 is 10.3 Å². The lowest BCUT2D eigenvalue weighted by Crippen LogP contribution is -2.26. The molecule has 0 atom stereocenters. The van der Waals surface area contributed by atoms with Crippen molar-refractivity contribution in [1.29, 1.82) is 0 Å². The molecule has 4 nitrogen and oxygen atoms in total. The molecule has 0 aliphatic carbocycles. The van der Waals surface area contributed by atoms with Crippen molar-refractivity contribution in [3.8, 4) is 0 Å². The maximum absolute atomic E-state index is 9.97. The first-order valence-electron chi connectivity index (χ1n) is 2.03. The van der Waals surface area contributed by atoms with Gasteiger partial charge in [-0.2, -0.15) is 0 Å². The Hall–Kier alpha value is -1.32. The van der Waals surface area contributed by atoms with Gasteiger partial charge in [-0.15, -0.1) is 0 Å². The SMILES string of the molecule is O=C(O)C1=[N+]C=CN1. The number of carboxylic acids is 1. The molecule has 0 spiro atoms. The summed E-state index contributed by atoms with van der Waals surface area (Å²) in [6, 6.07) is 0. The Bertz CT molecular complexity index is 171. The van der Waals surface area contributed by atoms with E-state index < -0.39 is 5.97 Å². The number of amidine groups is 1. The minimum absolute atomic E-state index is 0.0231. The highest BCUT2D eigenvalue weighted by Crippen LogP contribution is 1.74. The number of nitrogens with one attached hydrogen (secondary N) is 1. The zero-order chi connectivity index (χ0) is 5.98. The lowest BCUT2D eigenvalue weighted by Gasteiger charge is -1.77. The van der Waals surface area contributed by atoms with E-state index in [1.807, 2.05) is 0 Å². The molecule has 4 heteroatoms. The van der Waals surface area contributed by atoms with Crippen molar-refractivity contribution in [2.75, 3.05) is 0 Å². The van der Waals surface area contributed by atoms with E-state index in [0.29, 0.717) is 0 Å². The van der Waals surface area contributed by atoms with Crippen molar-refractivity contribution >= 4 is 11.8 Å². The van der Waals surface area contributed by atoms with Gasteiger partial charge in [-0.3, -0.25) is 0 Å². The van der Waals surface area contributed by atoms with Crippen molar-refractivity contribution in [1.82, 2.24) is 10.3 Å². The topological polar surface area (TPSA) is 63.4 Å². The van der Waals surface area contributed by atoms with Crippen LogP contribution in [-0.2, 0) is 4.79 Å². The minimum atomic E-state index is -1.03. The molecule has 8 heavy (non-hydrogen) atoms. The van der Waals surface area contributed by atoms with Gasteiger partial charge in [0.1, 0.15) is 6.20 Å². The quantitative estimate of drug-likeness (QED) is 0.451. The van der Waals surface area contributed by atoms with Crippen molar-refractivity contribution in [2.24, 2.45) is 0 Å². The Morgan fingerprint density at radius 2 is 2.62 bits per heavy atom. The summed E-state index contributed by atoms with van der Waals surface area (Å²) in [4.78, 5) is 13.4. The standard InChI is InChI=1S/C4H4N2O2/c7-4(8)3-5-1-2-6-3/h1-2,5H,(H,7,8)/q+1. The molecule has 1 rings (SSSR count). The van der Waals surface area contributed by atoms with Crippen LogP contribution in [0.4, 0.5) is 0 Å². The number of aliphatic carboxylic acids is 1. The smallest absolute Gasteiger partial charge is 0.423 e. The van der Waals surface area contributed by atoms with Crippen LogP contribution in [-0.4, -0.2) is 16.9 Å². The van der Waals surface area contributed by atoms with E-state index >= 15 is 0 Å². The monoisotopic (exact) mass is 112 g/mol. The summed E-state index contributed by atoms with van der Waals surface area (Å²) >= 11 is 0. The van der Waals surface area contributed by atoms with Gasteiger partial charge < -0.3 is 5.11 Å². The van der Waals surface area contributed by atoms with E-state index in [1.165, 1.54) is 12.4 Å². The van der Waals surface area contributed by atoms with Crippen LogP contribution in [0.2, 0.25) is 0 Å². The third-order valence-corrected chi connectivity index (χ3v) is 0.701. The molecule has 1 heterocycles. The average molecular weight is 112 g/mol. The second kappa shape index (κ2) is 1.65. The summed E-state index contributed by atoms with van der Waals surface area (Å²) in [6.07, 6.45) is 2.85. The molecule has 1 radical (unpaired) electrons. The van der Waals surface area contributed by atoms with Gasteiger partial charge in [0.05, 0.1) is 0 Å². The third kappa shape index (κ3) is 0.676. The fourth-order valence-corrected chi connectivity index (χ4v) is 0.382. The summed E-state index contributed by atoms with van der Waals surface area (Å²) in [6.45, 7) is 0. The molecule has 1 aliphatic heterocycles. The van der Waals surface area contributed by atoms with Gasteiger partial charge in [0.2, 0.25) is 0 Å². The zero-order valence-electron chi connectivity index (χ0n) is 3.96. The fourth-order valence-electron chi connectivity index (χ4n) is 0.382. The fraction of sp³-hybridized carbons (Fsp3) is 0. The van der Waals surface area contributed by atoms with Crippen molar-refractivity contribution in [3.63, 3.8) is 0 Å². The van der Waals surface area contributed by atoms with Crippen LogP contribution >= 0.6 is 0 Å². The van der Waals surface area contributed by atoms with Gasteiger partial charge >= 0.3 is 11.8 Å². The van der Waals surface area contributed by atoms with Crippen LogP contribution in [0.3, 0.4) is 0 Å². The lowest BCUT2D eigenvalue weighted by atomic mass is 10.6. The Kier molecular flexibility index (Phi) is 0.997. The molecule has 0 unspecified atom stereocenters. The van der Waals surface area contributed by atoms with Crippen LogP contribution in [0, 0.1) is 0 Å². The number of hydrogen-bond donors (Lipinski definition) is 2. The first-order chi connectivity index (χ1) is 3.80. The average Bonchev–Trinajstić information content (AvgIpc) is 2.12. The predicted octanol–water partition coefficient (Wildman–Crippen LogP) is -1.12. The minimum Gasteiger partial charge on any atom is -0.472 e. The first kappa shape index (κ1) is 4.83. The van der Waals surface area contributed by atoms with Gasteiger partial charge in [-0.1, -0.05) is 0 Å². The normalized spacial score (nSPS) is 15.2. The summed E-state index contributed by atoms with van der Waals surface area (Å²) in [5.41, 5.74) is 0. The second-order valence-corrected chi connectivity index (χ2v) is 1.24. The number of hydrogen-bond acceptors (Lipinski definition) is 3. The number of aliphatic imine (C=N–C) groups is 1. The van der Waals surface area contributed by atoms with Crippen molar-refractivity contribution in [2.45, 2.75) is 0 Å². The molecule has 0 saturated carbocycles. The van der Waals surface area contributed by atoms with Crippen LogP contribution in [0.15, 0.2) is 12.4 Å². The molecule has 0 aromatic carbocycles. The highest BCUT2D eigenvalue weighted by Gasteiger charge is 2.19. The highest BCUT2D eigenvalue weighted by molar-refractivity contribution is 6.34. The molecule has 0 fully saturated rings. The molecular formula is C4H4N2O2+. The molecule has 0 bridgehead atoms. The lowest BCUT2D eigenvalue weighted by molar-refractivity contribution is -0.129. The Balaban J connectivity index is 2.64. The molecule has 2 N–H and O–H groups in total. The summed E-state index contributed by atoms with van der Waals surface area (Å²) in [5, 5.41) is 10.6. The molecular weight excluding hydrogens is 108 g/mol. The van der Waals surface area contributed by atoms with Gasteiger partial charge in [0.25, 0.3) is 0 Å². The van der Waals surface area contributed by atoms with E-state index in [-0.39, 0.29) is 5.84 Å². The summed E-state index contributed by atoms with van der Waals surface area (Å²) in [5.74, 6) is -1.06. The molecule has 0 aromatic rings. The largest absolute Gasteiger partial charge is 0.472 e. The summed E-state index contributed by atoms with van der Waals surface area (Å²) in [7, 11) is 0. The second-order valence-electron chi connectivity index (χ2n) is 1.24. The van der Waals surface area contributed by atoms with E-state index in [4.69, 9.17) is 5.11 Å². The molecule has 41 valence electrons. The van der Waals surface area contributed by atoms with Gasteiger partial charge in [-0.05, 0) is 4.99 Å². The van der Waals surface area contributed by atoms with Crippen LogP contribution in [0.25, 0.3) is 0 Å². The first-order valence-corrected chi connectivity index (χ1v) is 2.03. The maximum atomic E-state index is 9.97. The number of rotatable bonds is 1. The molecule has 1 aliphatic rings. The zero-order valence-corrected chi connectivity index (χ0v) is 3.96. The van der Waals surface area contributed by atoms with Crippen LogP contribution in [0.5, 0.6) is 0 Å². The Morgan fingerprint density at radius 3 is 2.88 bits per heavy atom. The molecule has 0 saturated heterocycles. The number of carbonyl (C=O) groups is 1. The van der Waals surface area contributed by atoms with Gasteiger partial charge in [0, 0.05) is 0 Å². The Morgan fingerprint density at radius 1 is 1.88 bits per heavy atom. The predicted molar refractivity (Wildman–Crippen MR) is 27.1 cm³/mol.